The second-order valence-corrected chi connectivity index (χ2v) is 15.5. The Hall–Kier alpha value is -6.51. The largest absolute Gasteiger partial charge is 0.311 e. The van der Waals surface area contributed by atoms with Crippen LogP contribution in [0.15, 0.2) is 188 Å². The first-order valence-electron chi connectivity index (χ1n) is 19.8. The Morgan fingerprint density at radius 3 is 1.52 bits per heavy atom. The molecule has 0 amide bonds. The number of pyridine rings is 1. The van der Waals surface area contributed by atoms with E-state index in [1.165, 1.54) is 72.5 Å². The summed E-state index contributed by atoms with van der Waals surface area (Å²) in [6.07, 6.45) is 2.96. The van der Waals surface area contributed by atoms with Crippen molar-refractivity contribution in [2.45, 2.75) is 45.4 Å². The Morgan fingerprint density at radius 1 is 0.482 bits per heavy atom. The standard InChI is InChI=1S/C54H46N2/c1-5-47-49-34-27-43(36-51(49)48-18-12-20-52(37(48)2)54(3,4)53-50(47)19-13-35-55-53)42-25-32-46(33-26-42)56(44-28-21-40(22-29-44)38-14-8-6-9-15-38)45-30-23-41(24-31-45)39-16-10-7-11-17-39/h6-36,47H,5H2,1-4H3. The number of aromatic nitrogens is 1. The van der Waals surface area contributed by atoms with E-state index in [-0.39, 0.29) is 11.3 Å². The molecule has 2 heteroatoms. The molecule has 0 radical (unpaired) electrons. The molecule has 0 aliphatic heterocycles. The number of hydrogen-bond donors (Lipinski definition) is 0. The molecule has 7 aromatic carbocycles. The number of anilines is 3. The van der Waals surface area contributed by atoms with E-state index in [1.54, 1.807) is 0 Å². The first-order chi connectivity index (χ1) is 27.4. The molecule has 0 fully saturated rings. The Balaban J connectivity index is 1.12. The smallest absolute Gasteiger partial charge is 0.0541 e. The van der Waals surface area contributed by atoms with Crippen molar-refractivity contribution in [1.82, 2.24) is 4.98 Å². The first kappa shape index (κ1) is 35.2. The Morgan fingerprint density at radius 2 is 0.982 bits per heavy atom. The summed E-state index contributed by atoms with van der Waals surface area (Å²) in [7, 11) is 0. The van der Waals surface area contributed by atoms with Gasteiger partial charge in [-0.15, -0.1) is 0 Å². The minimum absolute atomic E-state index is 0.222. The molecule has 1 unspecified atom stereocenters. The Kier molecular flexibility index (Phi) is 9.19. The highest BCUT2D eigenvalue weighted by atomic mass is 15.1. The van der Waals surface area contributed by atoms with Gasteiger partial charge in [0.2, 0.25) is 0 Å². The van der Waals surface area contributed by atoms with E-state index in [9.17, 15) is 0 Å². The SMILES string of the molecule is CCC1c2ccc(-c3ccc(N(c4ccc(-c5ccccc5)cc4)c4ccc(-c5ccccc5)cc4)cc3)cc2-c2cccc(c2C)C(C)(C)c2ncccc21. The lowest BCUT2D eigenvalue weighted by molar-refractivity contribution is 0.593. The minimum Gasteiger partial charge on any atom is -0.311 e. The van der Waals surface area contributed by atoms with E-state index in [4.69, 9.17) is 4.98 Å². The summed E-state index contributed by atoms with van der Waals surface area (Å²) in [6.45, 7) is 9.26. The zero-order chi connectivity index (χ0) is 38.2. The van der Waals surface area contributed by atoms with E-state index in [2.05, 4.69) is 215 Å². The van der Waals surface area contributed by atoms with Crippen LogP contribution in [0, 0.1) is 6.92 Å². The van der Waals surface area contributed by atoms with Gasteiger partial charge >= 0.3 is 0 Å². The van der Waals surface area contributed by atoms with Crippen LogP contribution >= 0.6 is 0 Å². The van der Waals surface area contributed by atoms with Crippen molar-refractivity contribution >= 4 is 17.1 Å². The molecule has 9 rings (SSSR count). The van der Waals surface area contributed by atoms with Crippen molar-refractivity contribution in [2.24, 2.45) is 0 Å². The quantitative estimate of drug-likeness (QED) is 0.163. The predicted octanol–water partition coefficient (Wildman–Crippen LogP) is 14.7. The molecular formula is C54H46N2. The fourth-order valence-electron chi connectivity index (χ4n) is 8.95. The predicted molar refractivity (Wildman–Crippen MR) is 236 cm³/mol. The molecular weight excluding hydrogens is 677 g/mol. The third-order valence-corrected chi connectivity index (χ3v) is 11.9. The van der Waals surface area contributed by atoms with Crippen molar-refractivity contribution < 1.29 is 0 Å². The highest BCUT2D eigenvalue weighted by Crippen LogP contribution is 2.47. The first-order valence-corrected chi connectivity index (χ1v) is 19.8. The third-order valence-electron chi connectivity index (χ3n) is 11.9. The topological polar surface area (TPSA) is 16.1 Å². The van der Waals surface area contributed by atoms with Gasteiger partial charge in [-0.1, -0.05) is 154 Å². The average Bonchev–Trinajstić information content (AvgIpc) is 3.26. The monoisotopic (exact) mass is 722 g/mol. The Labute approximate surface area is 331 Å². The van der Waals surface area contributed by atoms with Crippen molar-refractivity contribution in [2.75, 3.05) is 4.90 Å². The van der Waals surface area contributed by atoms with Gasteiger partial charge < -0.3 is 4.90 Å². The lowest BCUT2D eigenvalue weighted by Crippen LogP contribution is -2.24. The van der Waals surface area contributed by atoms with E-state index >= 15 is 0 Å². The van der Waals surface area contributed by atoms with Gasteiger partial charge in [-0.3, -0.25) is 4.98 Å². The van der Waals surface area contributed by atoms with Crippen molar-refractivity contribution in [3.63, 3.8) is 0 Å². The van der Waals surface area contributed by atoms with Gasteiger partial charge in [0.15, 0.2) is 0 Å². The summed E-state index contributed by atoms with van der Waals surface area (Å²) in [5.41, 5.74) is 19.5. The van der Waals surface area contributed by atoms with Gasteiger partial charge in [0.1, 0.15) is 0 Å². The minimum atomic E-state index is -0.222. The van der Waals surface area contributed by atoms with E-state index in [0.717, 1.165) is 23.5 Å². The van der Waals surface area contributed by atoms with Crippen LogP contribution in [0.2, 0.25) is 0 Å². The molecule has 0 spiro atoms. The summed E-state index contributed by atoms with van der Waals surface area (Å²) in [5.74, 6) is 0.244. The van der Waals surface area contributed by atoms with Gasteiger partial charge in [-0.25, -0.2) is 0 Å². The van der Waals surface area contributed by atoms with Gasteiger partial charge in [-0.2, -0.15) is 0 Å². The summed E-state index contributed by atoms with van der Waals surface area (Å²) < 4.78 is 0. The molecule has 1 atom stereocenters. The molecule has 272 valence electrons. The van der Waals surface area contributed by atoms with E-state index in [1.807, 2.05) is 6.20 Å². The van der Waals surface area contributed by atoms with E-state index in [0.29, 0.717) is 0 Å². The number of rotatable bonds is 7. The van der Waals surface area contributed by atoms with Gasteiger partial charge in [0.05, 0.1) is 5.69 Å². The zero-order valence-electron chi connectivity index (χ0n) is 32.6. The average molecular weight is 723 g/mol. The number of hydrogen-bond acceptors (Lipinski definition) is 2. The normalized spacial score (nSPS) is 14.1. The molecule has 1 heterocycles. The van der Waals surface area contributed by atoms with Crippen molar-refractivity contribution in [3.05, 3.63) is 216 Å². The van der Waals surface area contributed by atoms with Crippen LogP contribution in [0.3, 0.4) is 0 Å². The zero-order valence-corrected chi connectivity index (χ0v) is 32.6. The van der Waals surface area contributed by atoms with Gasteiger partial charge in [0.25, 0.3) is 0 Å². The van der Waals surface area contributed by atoms with E-state index < -0.39 is 0 Å². The van der Waals surface area contributed by atoms with Crippen LogP contribution < -0.4 is 4.90 Å². The fourth-order valence-corrected chi connectivity index (χ4v) is 8.95. The molecule has 1 aliphatic rings. The summed E-state index contributed by atoms with van der Waals surface area (Å²) in [4.78, 5) is 7.40. The summed E-state index contributed by atoms with van der Waals surface area (Å²) >= 11 is 0. The molecule has 1 aliphatic carbocycles. The van der Waals surface area contributed by atoms with Gasteiger partial charge in [-0.05, 0) is 129 Å². The molecule has 8 aromatic rings. The van der Waals surface area contributed by atoms with Crippen LogP contribution in [-0.4, -0.2) is 4.98 Å². The molecule has 2 nitrogen and oxygen atoms in total. The maximum absolute atomic E-state index is 5.04. The molecule has 56 heavy (non-hydrogen) atoms. The maximum Gasteiger partial charge on any atom is 0.0541 e. The Bertz CT molecular complexity index is 2540. The van der Waals surface area contributed by atoms with Crippen molar-refractivity contribution in [1.29, 1.82) is 0 Å². The van der Waals surface area contributed by atoms with Crippen LogP contribution in [0.4, 0.5) is 17.1 Å². The van der Waals surface area contributed by atoms with Crippen LogP contribution in [0.25, 0.3) is 44.5 Å². The molecule has 0 saturated carbocycles. The fraction of sp³-hybridized carbons (Fsp3) is 0.130. The van der Waals surface area contributed by atoms with Crippen LogP contribution in [0.5, 0.6) is 0 Å². The second-order valence-electron chi connectivity index (χ2n) is 15.5. The molecule has 0 saturated heterocycles. The van der Waals surface area contributed by atoms with Crippen LogP contribution in [-0.2, 0) is 5.41 Å². The summed E-state index contributed by atoms with van der Waals surface area (Å²) in [6, 6.07) is 66.4. The third kappa shape index (κ3) is 6.31. The van der Waals surface area contributed by atoms with Crippen LogP contribution in [0.1, 0.15) is 61.1 Å². The van der Waals surface area contributed by atoms with Gasteiger partial charge in [0, 0.05) is 34.6 Å². The lowest BCUT2D eigenvalue weighted by atomic mass is 9.75. The number of benzene rings is 7. The molecule has 2 bridgehead atoms. The molecule has 0 N–H and O–H groups in total. The summed E-state index contributed by atoms with van der Waals surface area (Å²) in [5, 5.41) is 0. The molecule has 1 aromatic heterocycles. The number of nitrogens with zero attached hydrogens (tertiary/aromatic N) is 2. The van der Waals surface area contributed by atoms with Crippen molar-refractivity contribution in [3.8, 4) is 44.5 Å². The lowest BCUT2D eigenvalue weighted by Gasteiger charge is -2.30. The second kappa shape index (κ2) is 14.6. The highest BCUT2D eigenvalue weighted by molar-refractivity contribution is 5.83. The maximum atomic E-state index is 5.04. The number of fused-ring (bicyclic) bond motifs is 5. The highest BCUT2D eigenvalue weighted by Gasteiger charge is 2.34.